The van der Waals surface area contributed by atoms with E-state index in [0.717, 1.165) is 12.3 Å². The van der Waals surface area contributed by atoms with Crippen LogP contribution in [0.5, 0.6) is 0 Å². The van der Waals surface area contributed by atoms with Crippen molar-refractivity contribution < 1.29 is 0 Å². The van der Waals surface area contributed by atoms with E-state index in [1.165, 1.54) is 24.1 Å². The molecule has 0 bridgehead atoms. The van der Waals surface area contributed by atoms with Gasteiger partial charge in [-0.15, -0.1) is 0 Å². The molecule has 3 atom stereocenters. The molecule has 82 valence electrons. The fraction of sp³-hybridized carbons (Fsp3) is 0.615. The molecule has 1 aliphatic carbocycles. The number of nitrogens with two attached hydrogens (primary N) is 1. The van der Waals surface area contributed by atoms with E-state index in [-0.39, 0.29) is 0 Å². The summed E-state index contributed by atoms with van der Waals surface area (Å²) in [7, 11) is 0. The lowest BCUT2D eigenvalue weighted by molar-refractivity contribution is 0.298. The molecule has 1 aromatic heterocycles. The molecular formula is C13H20N2. The zero-order valence-corrected chi connectivity index (χ0v) is 9.61. The first kappa shape index (κ1) is 10.6. The molecule has 1 fully saturated rings. The average Bonchev–Trinajstić information content (AvgIpc) is 2.23. The van der Waals surface area contributed by atoms with E-state index in [1.807, 2.05) is 12.3 Å². The van der Waals surface area contributed by atoms with Crippen LogP contribution < -0.4 is 5.73 Å². The van der Waals surface area contributed by atoms with Gasteiger partial charge in [0.15, 0.2) is 0 Å². The Bertz CT molecular complexity index is 335. The maximum absolute atomic E-state index is 6.05. The van der Waals surface area contributed by atoms with Crippen LogP contribution in [0, 0.1) is 12.8 Å². The molecule has 1 saturated carbocycles. The number of rotatable bonds is 1. The minimum absolute atomic E-state index is 0.380. The molecule has 3 unspecified atom stereocenters. The number of nitrogens with zero attached hydrogens (tertiary/aromatic N) is 1. The zero-order chi connectivity index (χ0) is 10.8. The zero-order valence-electron chi connectivity index (χ0n) is 9.61. The third kappa shape index (κ3) is 2.20. The van der Waals surface area contributed by atoms with E-state index in [9.17, 15) is 0 Å². The van der Waals surface area contributed by atoms with Crippen LogP contribution in [0.2, 0.25) is 0 Å². The Kier molecular flexibility index (Phi) is 3.06. The van der Waals surface area contributed by atoms with Crippen LogP contribution >= 0.6 is 0 Å². The quantitative estimate of drug-likeness (QED) is 0.763. The lowest BCUT2D eigenvalue weighted by Gasteiger charge is -2.33. The Morgan fingerprint density at radius 2 is 2.20 bits per heavy atom. The molecule has 0 radical (unpaired) electrons. The topological polar surface area (TPSA) is 38.9 Å². The van der Waals surface area contributed by atoms with Crippen molar-refractivity contribution in [3.05, 3.63) is 29.6 Å². The maximum Gasteiger partial charge on any atom is 0.0407 e. The highest BCUT2D eigenvalue weighted by Gasteiger charge is 2.27. The average molecular weight is 204 g/mol. The van der Waals surface area contributed by atoms with E-state index in [2.05, 4.69) is 24.9 Å². The van der Waals surface area contributed by atoms with Gasteiger partial charge in [-0.3, -0.25) is 4.98 Å². The number of pyridine rings is 1. The second-order valence-electron chi connectivity index (χ2n) is 4.83. The van der Waals surface area contributed by atoms with Crippen LogP contribution in [0.25, 0.3) is 0 Å². The molecule has 1 aromatic rings. The summed E-state index contributed by atoms with van der Waals surface area (Å²) < 4.78 is 0. The Morgan fingerprint density at radius 1 is 1.40 bits per heavy atom. The summed E-state index contributed by atoms with van der Waals surface area (Å²) in [5.41, 5.74) is 8.63. The first-order chi connectivity index (χ1) is 7.18. The van der Waals surface area contributed by atoms with Gasteiger partial charge in [0.1, 0.15) is 0 Å². The predicted octanol–water partition coefficient (Wildman–Crippen LogP) is 2.62. The molecular weight excluding hydrogens is 184 g/mol. The molecule has 2 heteroatoms. The largest absolute Gasteiger partial charge is 0.328 e. The van der Waals surface area contributed by atoms with Gasteiger partial charge in [0.25, 0.3) is 0 Å². The van der Waals surface area contributed by atoms with Crippen molar-refractivity contribution in [1.82, 2.24) is 4.98 Å². The predicted molar refractivity (Wildman–Crippen MR) is 62.7 cm³/mol. The van der Waals surface area contributed by atoms with Crippen molar-refractivity contribution in [3.63, 3.8) is 0 Å². The molecule has 0 amide bonds. The summed E-state index contributed by atoms with van der Waals surface area (Å²) in [5.74, 6) is 1.36. The highest BCUT2D eigenvalue weighted by Crippen LogP contribution is 2.37. The molecule has 2 nitrogen and oxygen atoms in total. The molecule has 2 N–H and O–H groups in total. The molecule has 2 rings (SSSR count). The van der Waals surface area contributed by atoms with Crippen LogP contribution in [-0.2, 0) is 0 Å². The number of aromatic nitrogens is 1. The summed E-state index contributed by atoms with van der Waals surface area (Å²) in [6.07, 6.45) is 5.41. The first-order valence-electron chi connectivity index (χ1n) is 5.85. The van der Waals surface area contributed by atoms with Gasteiger partial charge in [-0.1, -0.05) is 13.0 Å². The number of aryl methyl sites for hydroxylation is 1. The fourth-order valence-corrected chi connectivity index (χ4v) is 2.68. The number of hydrogen-bond acceptors (Lipinski definition) is 2. The summed E-state index contributed by atoms with van der Waals surface area (Å²) >= 11 is 0. The monoisotopic (exact) mass is 204 g/mol. The minimum Gasteiger partial charge on any atom is -0.328 e. The van der Waals surface area contributed by atoms with E-state index < -0.39 is 0 Å². The lowest BCUT2D eigenvalue weighted by Crippen LogP contribution is -2.31. The van der Waals surface area contributed by atoms with E-state index in [4.69, 9.17) is 5.73 Å². The molecule has 0 saturated heterocycles. The fourth-order valence-electron chi connectivity index (χ4n) is 2.68. The normalized spacial score (nSPS) is 31.5. The molecule has 0 spiro atoms. The Hall–Kier alpha value is -0.890. The second kappa shape index (κ2) is 4.31. The van der Waals surface area contributed by atoms with Gasteiger partial charge in [0.05, 0.1) is 0 Å². The van der Waals surface area contributed by atoms with E-state index in [1.54, 1.807) is 0 Å². The molecule has 15 heavy (non-hydrogen) atoms. The summed E-state index contributed by atoms with van der Waals surface area (Å²) in [6.45, 7) is 4.44. The van der Waals surface area contributed by atoms with Gasteiger partial charge in [-0.05, 0) is 49.7 Å². The second-order valence-corrected chi connectivity index (χ2v) is 4.83. The van der Waals surface area contributed by atoms with Gasteiger partial charge in [-0.2, -0.15) is 0 Å². The van der Waals surface area contributed by atoms with Crippen molar-refractivity contribution in [3.8, 4) is 0 Å². The highest BCUT2D eigenvalue weighted by molar-refractivity contribution is 5.24. The van der Waals surface area contributed by atoms with Gasteiger partial charge in [0, 0.05) is 17.9 Å². The third-order valence-corrected chi connectivity index (χ3v) is 3.68. The molecule has 1 heterocycles. The van der Waals surface area contributed by atoms with Gasteiger partial charge >= 0.3 is 0 Å². The van der Waals surface area contributed by atoms with Crippen molar-refractivity contribution in [2.45, 2.75) is 45.1 Å². The molecule has 0 aliphatic heterocycles. The SMILES string of the molecule is Cc1ncccc1C1CC(N)CCC1C. The number of hydrogen-bond donors (Lipinski definition) is 1. The van der Waals surface area contributed by atoms with Crippen LogP contribution in [0.3, 0.4) is 0 Å². The van der Waals surface area contributed by atoms with Crippen molar-refractivity contribution in [2.75, 3.05) is 0 Å². The standard InChI is InChI=1S/C13H20N2/c1-9-5-6-11(14)8-13(9)12-4-3-7-15-10(12)2/h3-4,7,9,11,13H,5-6,8,14H2,1-2H3. The van der Waals surface area contributed by atoms with Crippen LogP contribution in [-0.4, -0.2) is 11.0 Å². The third-order valence-electron chi connectivity index (χ3n) is 3.68. The summed E-state index contributed by atoms with van der Waals surface area (Å²) in [6, 6.07) is 4.63. The summed E-state index contributed by atoms with van der Waals surface area (Å²) in [5, 5.41) is 0. The van der Waals surface area contributed by atoms with E-state index in [0.29, 0.717) is 12.0 Å². The highest BCUT2D eigenvalue weighted by atomic mass is 14.7. The minimum atomic E-state index is 0.380. The Labute approximate surface area is 91.9 Å². The summed E-state index contributed by atoms with van der Waals surface area (Å²) in [4.78, 5) is 4.37. The van der Waals surface area contributed by atoms with Crippen LogP contribution in [0.15, 0.2) is 18.3 Å². The van der Waals surface area contributed by atoms with Gasteiger partial charge in [-0.25, -0.2) is 0 Å². The maximum atomic E-state index is 6.05. The van der Waals surface area contributed by atoms with Gasteiger partial charge in [0.2, 0.25) is 0 Å². The molecule has 0 aromatic carbocycles. The van der Waals surface area contributed by atoms with Crippen LogP contribution in [0.1, 0.15) is 43.4 Å². The van der Waals surface area contributed by atoms with Crippen molar-refractivity contribution >= 4 is 0 Å². The molecule has 1 aliphatic rings. The van der Waals surface area contributed by atoms with Crippen molar-refractivity contribution in [1.29, 1.82) is 0 Å². The van der Waals surface area contributed by atoms with Gasteiger partial charge < -0.3 is 5.73 Å². The first-order valence-corrected chi connectivity index (χ1v) is 5.85. The lowest BCUT2D eigenvalue weighted by atomic mass is 9.74. The Balaban J connectivity index is 2.25. The van der Waals surface area contributed by atoms with Crippen LogP contribution in [0.4, 0.5) is 0 Å². The smallest absolute Gasteiger partial charge is 0.0407 e. The van der Waals surface area contributed by atoms with Crippen molar-refractivity contribution in [2.24, 2.45) is 11.7 Å². The Morgan fingerprint density at radius 3 is 2.93 bits per heavy atom. The van der Waals surface area contributed by atoms with E-state index >= 15 is 0 Å².